The lowest BCUT2D eigenvalue weighted by Crippen LogP contribution is -2.37. The highest BCUT2D eigenvalue weighted by atomic mass is 79.9. The summed E-state index contributed by atoms with van der Waals surface area (Å²) < 4.78 is 0. The van der Waals surface area contributed by atoms with Crippen molar-refractivity contribution in [1.82, 2.24) is 0 Å². The fraction of sp³-hybridized carbons (Fsp3) is 0.500. The maximum Gasteiger partial charge on any atom is 0.0231 e. The highest BCUT2D eigenvalue weighted by molar-refractivity contribution is 9.10. The van der Waals surface area contributed by atoms with Crippen molar-refractivity contribution in [2.24, 2.45) is 0 Å². The van der Waals surface area contributed by atoms with E-state index in [1.807, 2.05) is 0 Å². The molecule has 4 rings (SSSR count). The zero-order valence-corrected chi connectivity index (χ0v) is 11.0. The highest BCUT2D eigenvalue weighted by Gasteiger charge is 2.43. The van der Waals surface area contributed by atoms with E-state index in [0.29, 0.717) is 15.6 Å². The SMILES string of the molecule is BrC1CC2CC(Br)C1c1ccccc12. The van der Waals surface area contributed by atoms with Crippen LogP contribution in [0.4, 0.5) is 0 Å². The van der Waals surface area contributed by atoms with Crippen LogP contribution >= 0.6 is 31.9 Å². The standard InChI is InChI=1S/C12H12Br2/c13-10-5-7-6-11(14)12(10)9-4-2-1-3-8(7)9/h1-4,7,10-12H,5-6H2. The van der Waals surface area contributed by atoms with Gasteiger partial charge in [0, 0.05) is 15.6 Å². The van der Waals surface area contributed by atoms with Crippen LogP contribution in [0.5, 0.6) is 0 Å². The van der Waals surface area contributed by atoms with Crippen molar-refractivity contribution in [3.05, 3.63) is 35.4 Å². The molecule has 0 amide bonds. The van der Waals surface area contributed by atoms with Gasteiger partial charge in [-0.05, 0) is 29.9 Å². The molecular weight excluding hydrogens is 304 g/mol. The van der Waals surface area contributed by atoms with Crippen molar-refractivity contribution in [2.75, 3.05) is 0 Å². The van der Waals surface area contributed by atoms with E-state index in [1.165, 1.54) is 12.8 Å². The first-order chi connectivity index (χ1) is 6.77. The summed E-state index contributed by atoms with van der Waals surface area (Å²) >= 11 is 7.65. The molecular formula is C12H12Br2. The van der Waals surface area contributed by atoms with Crippen LogP contribution < -0.4 is 0 Å². The largest absolute Gasteiger partial charge is 0.0883 e. The molecule has 1 saturated carbocycles. The number of rotatable bonds is 0. The Morgan fingerprint density at radius 2 is 1.50 bits per heavy atom. The molecule has 1 aromatic rings. The van der Waals surface area contributed by atoms with Gasteiger partial charge in [0.1, 0.15) is 0 Å². The van der Waals surface area contributed by atoms with Gasteiger partial charge in [0.15, 0.2) is 0 Å². The summed E-state index contributed by atoms with van der Waals surface area (Å²) in [6, 6.07) is 8.95. The van der Waals surface area contributed by atoms with Gasteiger partial charge in [0.2, 0.25) is 0 Å². The molecule has 0 aliphatic heterocycles. The summed E-state index contributed by atoms with van der Waals surface area (Å²) in [6.07, 6.45) is 2.62. The van der Waals surface area contributed by atoms with Crippen LogP contribution in [0.3, 0.4) is 0 Å². The molecule has 0 N–H and O–H groups in total. The van der Waals surface area contributed by atoms with E-state index in [0.717, 1.165) is 5.92 Å². The lowest BCUT2D eigenvalue weighted by molar-refractivity contribution is 0.388. The Hall–Kier alpha value is 0.180. The average molecular weight is 316 g/mol. The minimum Gasteiger partial charge on any atom is -0.0883 e. The maximum absolute atomic E-state index is 3.83. The fourth-order valence-electron chi connectivity index (χ4n) is 2.99. The minimum absolute atomic E-state index is 0.667. The molecule has 0 spiro atoms. The van der Waals surface area contributed by atoms with Gasteiger partial charge in [-0.15, -0.1) is 0 Å². The number of halogens is 2. The number of fused-ring (bicyclic) bond motifs is 2. The van der Waals surface area contributed by atoms with Gasteiger partial charge < -0.3 is 0 Å². The second-order valence-electron chi connectivity index (χ2n) is 4.36. The van der Waals surface area contributed by atoms with Gasteiger partial charge in [0.05, 0.1) is 0 Å². The second kappa shape index (κ2) is 3.34. The molecule has 3 aliphatic carbocycles. The third-order valence-electron chi connectivity index (χ3n) is 3.59. The molecule has 14 heavy (non-hydrogen) atoms. The summed E-state index contributed by atoms with van der Waals surface area (Å²) in [7, 11) is 0. The van der Waals surface area contributed by atoms with Crippen LogP contribution in [-0.4, -0.2) is 9.65 Å². The van der Waals surface area contributed by atoms with Crippen LogP contribution in [0.2, 0.25) is 0 Å². The first kappa shape index (κ1) is 9.41. The zero-order valence-electron chi connectivity index (χ0n) is 7.79. The molecule has 0 nitrogen and oxygen atoms in total. The summed E-state index contributed by atoms with van der Waals surface area (Å²) in [6.45, 7) is 0. The molecule has 0 radical (unpaired) electrons. The lowest BCUT2D eigenvalue weighted by atomic mass is 9.67. The summed E-state index contributed by atoms with van der Waals surface area (Å²) in [5.74, 6) is 1.45. The molecule has 0 aromatic heterocycles. The molecule has 2 bridgehead atoms. The van der Waals surface area contributed by atoms with Crippen LogP contribution in [0, 0.1) is 0 Å². The summed E-state index contributed by atoms with van der Waals surface area (Å²) in [4.78, 5) is 1.33. The van der Waals surface area contributed by atoms with Gasteiger partial charge in [0.25, 0.3) is 0 Å². The molecule has 0 saturated heterocycles. The Balaban J connectivity index is 2.16. The van der Waals surface area contributed by atoms with Gasteiger partial charge in [-0.25, -0.2) is 0 Å². The van der Waals surface area contributed by atoms with Crippen molar-refractivity contribution < 1.29 is 0 Å². The Morgan fingerprint density at radius 1 is 0.929 bits per heavy atom. The van der Waals surface area contributed by atoms with Gasteiger partial charge >= 0.3 is 0 Å². The smallest absolute Gasteiger partial charge is 0.0231 e. The van der Waals surface area contributed by atoms with E-state index in [-0.39, 0.29) is 0 Å². The molecule has 74 valence electrons. The highest BCUT2D eigenvalue weighted by Crippen LogP contribution is 2.54. The normalized spacial score (nSPS) is 39.6. The topological polar surface area (TPSA) is 0 Å². The number of alkyl halides is 2. The Labute approximate surface area is 101 Å². The number of hydrogen-bond donors (Lipinski definition) is 0. The van der Waals surface area contributed by atoms with Crippen LogP contribution in [0.25, 0.3) is 0 Å². The monoisotopic (exact) mass is 314 g/mol. The van der Waals surface area contributed by atoms with E-state index in [1.54, 1.807) is 11.1 Å². The van der Waals surface area contributed by atoms with Gasteiger partial charge in [-0.2, -0.15) is 0 Å². The third-order valence-corrected chi connectivity index (χ3v) is 5.48. The van der Waals surface area contributed by atoms with Crippen molar-refractivity contribution in [3.63, 3.8) is 0 Å². The van der Waals surface area contributed by atoms with Crippen molar-refractivity contribution in [1.29, 1.82) is 0 Å². The molecule has 2 heteroatoms. The van der Waals surface area contributed by atoms with E-state index in [9.17, 15) is 0 Å². The van der Waals surface area contributed by atoms with E-state index >= 15 is 0 Å². The van der Waals surface area contributed by atoms with E-state index in [2.05, 4.69) is 56.1 Å². The van der Waals surface area contributed by atoms with E-state index < -0.39 is 0 Å². The number of hydrogen-bond acceptors (Lipinski definition) is 0. The van der Waals surface area contributed by atoms with Crippen molar-refractivity contribution in [2.45, 2.75) is 34.3 Å². The average Bonchev–Trinajstić information content (AvgIpc) is 2.17. The van der Waals surface area contributed by atoms with Crippen molar-refractivity contribution in [3.8, 4) is 0 Å². The van der Waals surface area contributed by atoms with Crippen LogP contribution in [0.15, 0.2) is 24.3 Å². The third kappa shape index (κ3) is 1.23. The predicted molar refractivity (Wildman–Crippen MR) is 66.6 cm³/mol. The fourth-order valence-corrected chi connectivity index (χ4v) is 5.61. The molecule has 1 aromatic carbocycles. The lowest BCUT2D eigenvalue weighted by Gasteiger charge is -2.45. The molecule has 2 atom stereocenters. The maximum atomic E-state index is 3.83. The zero-order chi connectivity index (χ0) is 9.71. The summed E-state index contributed by atoms with van der Waals surface area (Å²) in [5.41, 5.74) is 3.17. The Kier molecular flexibility index (Phi) is 2.25. The molecule has 3 aliphatic rings. The second-order valence-corrected chi connectivity index (χ2v) is 6.71. The molecule has 0 heterocycles. The minimum atomic E-state index is 0.667. The molecule has 1 fully saturated rings. The van der Waals surface area contributed by atoms with Gasteiger partial charge in [-0.3, -0.25) is 0 Å². The summed E-state index contributed by atoms with van der Waals surface area (Å²) in [5, 5.41) is 0. The Morgan fingerprint density at radius 3 is 2.14 bits per heavy atom. The van der Waals surface area contributed by atoms with Crippen LogP contribution in [0.1, 0.15) is 35.8 Å². The Bertz CT molecular complexity index is 349. The molecule has 2 unspecified atom stereocenters. The first-order valence-electron chi connectivity index (χ1n) is 5.14. The van der Waals surface area contributed by atoms with Crippen LogP contribution in [-0.2, 0) is 0 Å². The predicted octanol–water partition coefficient (Wildman–Crippen LogP) is 4.19. The van der Waals surface area contributed by atoms with Crippen molar-refractivity contribution >= 4 is 31.9 Å². The first-order valence-corrected chi connectivity index (χ1v) is 6.97. The van der Waals surface area contributed by atoms with E-state index in [4.69, 9.17) is 0 Å². The number of benzene rings is 1. The quantitative estimate of drug-likeness (QED) is 0.630. The van der Waals surface area contributed by atoms with Gasteiger partial charge in [-0.1, -0.05) is 56.1 Å².